The van der Waals surface area contributed by atoms with Crippen molar-refractivity contribution in [2.24, 2.45) is 5.73 Å². The third-order valence-electron chi connectivity index (χ3n) is 7.32. The number of benzene rings is 1. The lowest BCUT2D eigenvalue weighted by molar-refractivity contribution is 0.0924. The summed E-state index contributed by atoms with van der Waals surface area (Å²) in [6, 6.07) is 9.46. The summed E-state index contributed by atoms with van der Waals surface area (Å²) in [6.07, 6.45) is 6.26. The lowest BCUT2D eigenvalue weighted by atomic mass is 9.96. The summed E-state index contributed by atoms with van der Waals surface area (Å²) >= 11 is 0. The molecule has 0 spiro atoms. The second-order valence-corrected chi connectivity index (χ2v) is 9.72. The van der Waals surface area contributed by atoms with E-state index in [9.17, 15) is 14.4 Å². The first kappa shape index (κ1) is 23.3. The van der Waals surface area contributed by atoms with Crippen molar-refractivity contribution in [2.75, 3.05) is 23.4 Å². The molecule has 9 nitrogen and oxygen atoms in total. The summed E-state index contributed by atoms with van der Waals surface area (Å²) < 4.78 is 5.41. The van der Waals surface area contributed by atoms with Crippen LogP contribution in [0, 0.1) is 0 Å². The van der Waals surface area contributed by atoms with Crippen molar-refractivity contribution in [1.82, 2.24) is 10.3 Å². The molecule has 35 heavy (non-hydrogen) atoms. The molecule has 3 fully saturated rings. The van der Waals surface area contributed by atoms with E-state index in [1.165, 1.54) is 6.92 Å². The minimum Gasteiger partial charge on any atom is -0.379 e. The Kier molecular flexibility index (Phi) is 6.42. The van der Waals surface area contributed by atoms with Gasteiger partial charge in [0.05, 0.1) is 18.2 Å². The van der Waals surface area contributed by atoms with Gasteiger partial charge in [0.1, 0.15) is 5.82 Å². The lowest BCUT2D eigenvalue weighted by Gasteiger charge is -2.40. The summed E-state index contributed by atoms with van der Waals surface area (Å²) in [6.45, 7) is 2.77. The monoisotopic (exact) mass is 477 g/mol. The number of primary amides is 1. The number of anilines is 2. The molecule has 4 heterocycles. The Morgan fingerprint density at radius 2 is 1.77 bits per heavy atom. The number of nitrogens with zero attached hydrogens (tertiary/aromatic N) is 2. The molecule has 4 N–H and O–H groups in total. The van der Waals surface area contributed by atoms with Crippen molar-refractivity contribution in [1.29, 1.82) is 0 Å². The van der Waals surface area contributed by atoms with Crippen LogP contribution < -0.4 is 21.3 Å². The van der Waals surface area contributed by atoms with Crippen molar-refractivity contribution in [3.63, 3.8) is 0 Å². The van der Waals surface area contributed by atoms with E-state index >= 15 is 0 Å². The van der Waals surface area contributed by atoms with Crippen LogP contribution in [0.25, 0.3) is 0 Å². The van der Waals surface area contributed by atoms with Gasteiger partial charge in [-0.15, -0.1) is 0 Å². The smallest absolute Gasteiger partial charge is 0.251 e. The van der Waals surface area contributed by atoms with Crippen molar-refractivity contribution >= 4 is 29.1 Å². The van der Waals surface area contributed by atoms with Gasteiger partial charge in [-0.3, -0.25) is 14.4 Å². The number of piperidine rings is 1. The molecule has 1 aromatic carbocycles. The molecular formula is C26H31N5O4. The molecule has 0 saturated carbocycles. The molecular weight excluding hydrogens is 446 g/mol. The first-order chi connectivity index (χ1) is 16.9. The van der Waals surface area contributed by atoms with Crippen LogP contribution in [-0.4, -0.2) is 60.0 Å². The van der Waals surface area contributed by atoms with Crippen molar-refractivity contribution < 1.29 is 19.1 Å². The van der Waals surface area contributed by atoms with Gasteiger partial charge < -0.3 is 26.0 Å². The van der Waals surface area contributed by atoms with Crippen molar-refractivity contribution in [2.45, 2.75) is 63.2 Å². The van der Waals surface area contributed by atoms with Gasteiger partial charge in [0.15, 0.2) is 5.78 Å². The van der Waals surface area contributed by atoms with Crippen LogP contribution in [0.3, 0.4) is 0 Å². The fourth-order valence-electron chi connectivity index (χ4n) is 5.57. The van der Waals surface area contributed by atoms with Crippen LogP contribution in [0.4, 0.5) is 11.5 Å². The van der Waals surface area contributed by atoms with E-state index in [-0.39, 0.29) is 23.8 Å². The number of nitrogens with one attached hydrogen (secondary N) is 2. The van der Waals surface area contributed by atoms with Gasteiger partial charge in [0.25, 0.3) is 11.8 Å². The maximum atomic E-state index is 13.1. The molecule has 0 aliphatic carbocycles. The number of aromatic nitrogens is 1. The average molecular weight is 478 g/mol. The molecule has 2 amide bonds. The zero-order chi connectivity index (χ0) is 24.5. The van der Waals surface area contributed by atoms with E-state index in [1.54, 1.807) is 24.4 Å². The van der Waals surface area contributed by atoms with Crippen LogP contribution in [-0.2, 0) is 4.74 Å². The summed E-state index contributed by atoms with van der Waals surface area (Å²) in [5, 5.41) is 6.51. The number of hydrogen-bond acceptors (Lipinski definition) is 7. The number of hydrogen-bond donors (Lipinski definition) is 3. The molecule has 5 rings (SSSR count). The zero-order valence-corrected chi connectivity index (χ0v) is 19.8. The summed E-state index contributed by atoms with van der Waals surface area (Å²) in [5.74, 6) is 0.203. The van der Waals surface area contributed by atoms with Crippen LogP contribution in [0.2, 0.25) is 0 Å². The van der Waals surface area contributed by atoms with Crippen LogP contribution in [0.15, 0.2) is 36.5 Å². The third-order valence-corrected chi connectivity index (χ3v) is 7.32. The Labute approximate surface area is 204 Å². The Morgan fingerprint density at radius 1 is 1.03 bits per heavy atom. The minimum atomic E-state index is -0.535. The second-order valence-electron chi connectivity index (χ2n) is 9.72. The Morgan fingerprint density at radius 3 is 2.37 bits per heavy atom. The Balaban J connectivity index is 1.26. The summed E-state index contributed by atoms with van der Waals surface area (Å²) in [5.41, 5.74) is 7.58. The topological polar surface area (TPSA) is 127 Å². The molecule has 3 aliphatic heterocycles. The molecule has 3 atom stereocenters. The van der Waals surface area contributed by atoms with Crippen molar-refractivity contribution in [3.05, 3.63) is 53.2 Å². The van der Waals surface area contributed by atoms with Gasteiger partial charge in [-0.2, -0.15) is 0 Å². The van der Waals surface area contributed by atoms with Gasteiger partial charge in [-0.05, 0) is 69.4 Å². The summed E-state index contributed by atoms with van der Waals surface area (Å²) in [7, 11) is 0. The highest BCUT2D eigenvalue weighted by atomic mass is 16.5. The maximum absolute atomic E-state index is 13.1. The standard InChI is InChI=1S/C26H31N5O4/c1-15(32)17-3-7-24(28-13-17)31-20-4-5-21(31)12-19(11-20)30-26(34)16-2-6-22(25(27)33)23(10-16)29-18-8-9-35-14-18/h2-3,6-7,10,13,18-21,29H,4-5,8-9,11-12,14H2,1H3,(H2,27,33)(H,30,34). The highest BCUT2D eigenvalue weighted by Gasteiger charge is 2.41. The molecule has 3 saturated heterocycles. The third kappa shape index (κ3) is 4.86. The summed E-state index contributed by atoms with van der Waals surface area (Å²) in [4.78, 5) is 43.5. The highest BCUT2D eigenvalue weighted by Crippen LogP contribution is 2.38. The first-order valence-corrected chi connectivity index (χ1v) is 12.2. The number of pyridine rings is 1. The maximum Gasteiger partial charge on any atom is 0.251 e. The molecule has 2 bridgehead atoms. The Bertz CT molecular complexity index is 1120. The molecule has 1 aromatic heterocycles. The Hall–Kier alpha value is -3.46. The van der Waals surface area contributed by atoms with E-state index in [0.717, 1.165) is 37.9 Å². The molecule has 3 aliphatic rings. The number of Topliss-reactive ketones (excluding diaryl/α,β-unsaturated/α-hetero) is 1. The number of carbonyl (C=O) groups is 3. The van der Waals surface area contributed by atoms with Gasteiger partial charge >= 0.3 is 0 Å². The number of rotatable bonds is 7. The number of ketones is 1. The van der Waals surface area contributed by atoms with Gasteiger partial charge in [-0.1, -0.05) is 0 Å². The zero-order valence-electron chi connectivity index (χ0n) is 19.8. The second kappa shape index (κ2) is 9.65. The molecule has 3 unspecified atom stereocenters. The molecule has 2 aromatic rings. The lowest BCUT2D eigenvalue weighted by Crippen LogP contribution is -2.50. The van der Waals surface area contributed by atoms with Gasteiger partial charge in [0, 0.05) is 47.7 Å². The molecule has 184 valence electrons. The predicted molar refractivity (Wildman–Crippen MR) is 132 cm³/mol. The number of nitrogens with two attached hydrogens (primary N) is 1. The van der Waals surface area contributed by atoms with Gasteiger partial charge in [-0.25, -0.2) is 4.98 Å². The average Bonchev–Trinajstić information content (AvgIpc) is 3.44. The number of amides is 2. The van der Waals surface area contributed by atoms with E-state index < -0.39 is 5.91 Å². The minimum absolute atomic E-state index is 0.00670. The highest BCUT2D eigenvalue weighted by molar-refractivity contribution is 6.02. The number of carbonyl (C=O) groups excluding carboxylic acids is 3. The quantitative estimate of drug-likeness (QED) is 0.523. The molecule has 9 heteroatoms. The van der Waals surface area contributed by atoms with E-state index in [2.05, 4.69) is 20.5 Å². The predicted octanol–water partition coefficient (Wildman–Crippen LogP) is 2.51. The van der Waals surface area contributed by atoms with E-state index in [1.807, 2.05) is 12.1 Å². The fraction of sp³-hybridized carbons (Fsp3) is 0.462. The van der Waals surface area contributed by atoms with Gasteiger partial charge in [0.2, 0.25) is 0 Å². The van der Waals surface area contributed by atoms with E-state index in [4.69, 9.17) is 10.5 Å². The SMILES string of the molecule is CC(=O)c1ccc(N2C3CCC2CC(NC(=O)c2ccc(C(N)=O)c(NC4CCOC4)c2)C3)nc1. The normalized spacial score (nSPS) is 25.3. The van der Waals surface area contributed by atoms with Crippen LogP contribution in [0.1, 0.15) is 70.1 Å². The fourth-order valence-corrected chi connectivity index (χ4v) is 5.57. The van der Waals surface area contributed by atoms with Crippen molar-refractivity contribution in [3.8, 4) is 0 Å². The number of fused-ring (bicyclic) bond motifs is 2. The first-order valence-electron chi connectivity index (χ1n) is 12.2. The molecule has 0 radical (unpaired) electrons. The van der Waals surface area contributed by atoms with Crippen LogP contribution in [0.5, 0.6) is 0 Å². The van der Waals surface area contributed by atoms with Crippen LogP contribution >= 0.6 is 0 Å². The van der Waals surface area contributed by atoms with E-state index in [0.29, 0.717) is 47.7 Å². The largest absolute Gasteiger partial charge is 0.379 e. The number of ether oxygens (including phenoxy) is 1.